The van der Waals surface area contributed by atoms with Crippen LogP contribution in [-0.4, -0.2) is 0 Å². The van der Waals surface area contributed by atoms with Gasteiger partial charge in [-0.05, 0) is 91.8 Å². The summed E-state index contributed by atoms with van der Waals surface area (Å²) in [5.74, 6) is 5.38. The first-order valence-corrected chi connectivity index (χ1v) is 9.32. The van der Waals surface area contributed by atoms with Gasteiger partial charge >= 0.3 is 0 Å². The molecule has 20 heavy (non-hydrogen) atoms. The molecule has 0 heterocycles. The molecule has 5 aliphatic carbocycles. The lowest BCUT2D eigenvalue weighted by Gasteiger charge is -2.57. The van der Waals surface area contributed by atoms with Crippen LogP contribution in [-0.2, 0) is 0 Å². The van der Waals surface area contributed by atoms with Crippen molar-refractivity contribution in [2.75, 3.05) is 0 Å². The van der Waals surface area contributed by atoms with E-state index in [-0.39, 0.29) is 0 Å². The van der Waals surface area contributed by atoms with E-state index < -0.39 is 0 Å². The van der Waals surface area contributed by atoms with Crippen molar-refractivity contribution in [1.82, 2.24) is 0 Å². The summed E-state index contributed by atoms with van der Waals surface area (Å²) in [7, 11) is 0. The predicted molar refractivity (Wildman–Crippen MR) is 83.3 cm³/mol. The Morgan fingerprint density at radius 3 is 2.80 bits per heavy atom. The van der Waals surface area contributed by atoms with Gasteiger partial charge in [0.2, 0.25) is 0 Å². The number of hydrogen-bond donors (Lipinski definition) is 0. The van der Waals surface area contributed by atoms with Crippen molar-refractivity contribution in [3.8, 4) is 0 Å². The Kier molecular flexibility index (Phi) is 2.30. The van der Waals surface area contributed by atoms with Crippen LogP contribution in [0.3, 0.4) is 0 Å². The van der Waals surface area contributed by atoms with Crippen molar-refractivity contribution in [2.24, 2.45) is 40.4 Å². The molecule has 0 saturated heterocycles. The first-order valence-electron chi connectivity index (χ1n) is 9.32. The normalized spacial score (nSPS) is 59.9. The third-order valence-corrected chi connectivity index (χ3v) is 8.79. The van der Waals surface area contributed by atoms with E-state index in [0.717, 1.165) is 35.0 Å². The molecule has 0 aromatic carbocycles. The van der Waals surface area contributed by atoms with Crippen molar-refractivity contribution < 1.29 is 0 Å². The predicted octanol–water partition coefficient (Wildman–Crippen LogP) is 5.59. The second-order valence-corrected chi connectivity index (χ2v) is 9.35. The topological polar surface area (TPSA) is 0 Å². The fourth-order valence-electron chi connectivity index (χ4n) is 7.63. The quantitative estimate of drug-likeness (QED) is 0.504. The van der Waals surface area contributed by atoms with Crippen LogP contribution in [0.1, 0.15) is 71.6 Å². The van der Waals surface area contributed by atoms with Gasteiger partial charge in [0.05, 0.1) is 0 Å². The lowest BCUT2D eigenvalue weighted by atomic mass is 9.47. The van der Waals surface area contributed by atoms with Crippen LogP contribution in [0.15, 0.2) is 11.6 Å². The molecule has 0 radical (unpaired) electrons. The molecule has 0 aliphatic heterocycles. The zero-order valence-electron chi connectivity index (χ0n) is 13.3. The minimum Gasteiger partial charge on any atom is -0.0845 e. The van der Waals surface area contributed by atoms with Crippen molar-refractivity contribution in [3.05, 3.63) is 11.6 Å². The standard InChI is InChI=1S/C20H30/c1-19-10-3-4-16(19)15-8-7-14-6-5-13-12-18(13)20(14,2)17(15)9-11-19/h6,13,15-18H,3-5,7-12H2,1-2H3/t13-,15-,16-,17-,18?,19-,20-/m0/s1. The molecular formula is C20H30. The minimum atomic E-state index is 0.635. The SMILES string of the molecule is C[C@@]12CCC[C@H]1[C@@H]1CCC3=CC[C@H]4CC4[C@]3(C)[C@H]1CC2. The van der Waals surface area contributed by atoms with Crippen molar-refractivity contribution in [2.45, 2.75) is 71.6 Å². The summed E-state index contributed by atoms with van der Waals surface area (Å²) in [4.78, 5) is 0. The third kappa shape index (κ3) is 1.35. The van der Waals surface area contributed by atoms with Gasteiger partial charge in [-0.1, -0.05) is 31.9 Å². The number of rotatable bonds is 0. The molecule has 0 heteroatoms. The van der Waals surface area contributed by atoms with E-state index in [9.17, 15) is 0 Å². The molecule has 0 N–H and O–H groups in total. The molecule has 0 amide bonds. The molecule has 7 atom stereocenters. The van der Waals surface area contributed by atoms with Gasteiger partial charge in [-0.15, -0.1) is 0 Å². The third-order valence-electron chi connectivity index (χ3n) is 8.79. The average Bonchev–Trinajstić information content (AvgIpc) is 3.13. The Balaban J connectivity index is 1.54. The van der Waals surface area contributed by atoms with E-state index in [1.54, 1.807) is 25.7 Å². The van der Waals surface area contributed by atoms with E-state index in [4.69, 9.17) is 0 Å². The van der Waals surface area contributed by atoms with Crippen LogP contribution in [0.5, 0.6) is 0 Å². The van der Waals surface area contributed by atoms with E-state index in [1.165, 1.54) is 32.1 Å². The van der Waals surface area contributed by atoms with E-state index in [2.05, 4.69) is 19.9 Å². The Morgan fingerprint density at radius 1 is 1.00 bits per heavy atom. The van der Waals surface area contributed by atoms with Crippen LogP contribution in [0.4, 0.5) is 0 Å². The largest absolute Gasteiger partial charge is 0.0845 e. The Hall–Kier alpha value is -0.260. The first kappa shape index (κ1) is 12.3. The summed E-state index contributed by atoms with van der Waals surface area (Å²) in [6.07, 6.45) is 16.4. The van der Waals surface area contributed by atoms with Crippen molar-refractivity contribution in [3.63, 3.8) is 0 Å². The summed E-state index contributed by atoms with van der Waals surface area (Å²) in [5.41, 5.74) is 3.27. The molecular weight excluding hydrogens is 240 g/mol. The van der Waals surface area contributed by atoms with Crippen molar-refractivity contribution >= 4 is 0 Å². The maximum absolute atomic E-state index is 2.69. The smallest absolute Gasteiger partial charge is 0.00543 e. The monoisotopic (exact) mass is 270 g/mol. The highest BCUT2D eigenvalue weighted by atomic mass is 14.7. The van der Waals surface area contributed by atoms with Crippen LogP contribution in [0, 0.1) is 40.4 Å². The highest BCUT2D eigenvalue weighted by Gasteiger charge is 2.62. The molecule has 0 bridgehead atoms. The van der Waals surface area contributed by atoms with Crippen LogP contribution in [0.2, 0.25) is 0 Å². The molecule has 5 rings (SSSR count). The Morgan fingerprint density at radius 2 is 1.90 bits per heavy atom. The summed E-state index contributed by atoms with van der Waals surface area (Å²) in [5, 5.41) is 0. The van der Waals surface area contributed by atoms with Crippen LogP contribution >= 0.6 is 0 Å². The average molecular weight is 270 g/mol. The van der Waals surface area contributed by atoms with E-state index >= 15 is 0 Å². The highest BCUT2D eigenvalue weighted by Crippen LogP contribution is 2.71. The highest BCUT2D eigenvalue weighted by molar-refractivity contribution is 5.29. The molecule has 5 aliphatic rings. The molecule has 0 nitrogen and oxygen atoms in total. The number of hydrogen-bond acceptors (Lipinski definition) is 0. The molecule has 4 saturated carbocycles. The lowest BCUT2D eigenvalue weighted by Crippen LogP contribution is -2.49. The maximum atomic E-state index is 2.69. The molecule has 0 aromatic rings. The summed E-state index contributed by atoms with van der Waals surface area (Å²) in [6, 6.07) is 0. The molecule has 110 valence electrons. The number of allylic oxidation sites excluding steroid dienone is 2. The van der Waals surface area contributed by atoms with Gasteiger partial charge in [0.15, 0.2) is 0 Å². The fourth-order valence-corrected chi connectivity index (χ4v) is 7.63. The summed E-state index contributed by atoms with van der Waals surface area (Å²) in [6.45, 7) is 5.33. The van der Waals surface area contributed by atoms with Gasteiger partial charge < -0.3 is 0 Å². The van der Waals surface area contributed by atoms with Gasteiger partial charge in [-0.3, -0.25) is 0 Å². The summed E-state index contributed by atoms with van der Waals surface area (Å²) >= 11 is 0. The first-order chi connectivity index (χ1) is 9.63. The van der Waals surface area contributed by atoms with Crippen LogP contribution in [0.25, 0.3) is 0 Å². The Bertz CT molecular complexity index is 474. The molecule has 4 fully saturated rings. The second-order valence-electron chi connectivity index (χ2n) is 9.35. The number of fused-ring (bicyclic) bond motifs is 7. The van der Waals surface area contributed by atoms with E-state index in [0.29, 0.717) is 5.41 Å². The second kappa shape index (κ2) is 3.73. The molecule has 0 spiro atoms. The van der Waals surface area contributed by atoms with Gasteiger partial charge in [-0.25, -0.2) is 0 Å². The van der Waals surface area contributed by atoms with Crippen LogP contribution < -0.4 is 0 Å². The minimum absolute atomic E-state index is 0.635. The molecule has 0 aromatic heterocycles. The fraction of sp³-hybridized carbons (Fsp3) is 0.900. The Labute approximate surface area is 124 Å². The lowest BCUT2D eigenvalue weighted by molar-refractivity contribution is -0.0425. The van der Waals surface area contributed by atoms with Gasteiger partial charge in [0.1, 0.15) is 0 Å². The van der Waals surface area contributed by atoms with Crippen molar-refractivity contribution in [1.29, 1.82) is 0 Å². The zero-order valence-corrected chi connectivity index (χ0v) is 13.3. The summed E-state index contributed by atoms with van der Waals surface area (Å²) < 4.78 is 0. The maximum Gasteiger partial charge on any atom is -0.00543 e. The van der Waals surface area contributed by atoms with Gasteiger partial charge in [0, 0.05) is 0 Å². The van der Waals surface area contributed by atoms with Gasteiger partial charge in [0.25, 0.3) is 0 Å². The molecule has 1 unspecified atom stereocenters. The van der Waals surface area contributed by atoms with E-state index in [1.807, 2.05) is 5.57 Å². The zero-order chi connectivity index (χ0) is 13.5. The van der Waals surface area contributed by atoms with Gasteiger partial charge in [-0.2, -0.15) is 0 Å².